The van der Waals surface area contributed by atoms with Gasteiger partial charge < -0.3 is 14.9 Å². The topological polar surface area (TPSA) is 83.8 Å². The van der Waals surface area contributed by atoms with Crippen molar-refractivity contribution in [2.45, 2.75) is 97.2 Å². The highest BCUT2D eigenvalue weighted by Crippen LogP contribution is 2.18. The van der Waals surface area contributed by atoms with E-state index >= 15 is 0 Å². The Kier molecular flexibility index (Phi) is 13.8. The van der Waals surface area contributed by atoms with Crippen molar-refractivity contribution < 1.29 is 24.5 Å². The summed E-state index contributed by atoms with van der Waals surface area (Å²) in [6.07, 6.45) is 8.75. The molecule has 0 heterocycles. The molecule has 0 saturated carbocycles. The van der Waals surface area contributed by atoms with Crippen molar-refractivity contribution in [2.75, 3.05) is 0 Å². The minimum Gasteiger partial charge on any atom is -0.481 e. The zero-order valence-electron chi connectivity index (χ0n) is 14.8. The van der Waals surface area contributed by atoms with E-state index in [1.54, 1.807) is 0 Å². The summed E-state index contributed by atoms with van der Waals surface area (Å²) in [7, 11) is 0. The number of rotatable bonds is 15. The Hall–Kier alpha value is -1.10. The smallest absolute Gasteiger partial charge is 0.308 e. The molecule has 2 atom stereocenters. The van der Waals surface area contributed by atoms with Gasteiger partial charge >= 0.3 is 11.9 Å². The van der Waals surface area contributed by atoms with Crippen molar-refractivity contribution in [1.29, 1.82) is 0 Å². The van der Waals surface area contributed by atoms with E-state index in [9.17, 15) is 14.7 Å². The van der Waals surface area contributed by atoms with Crippen LogP contribution in [-0.4, -0.2) is 28.4 Å². The molecule has 0 saturated heterocycles. The molecule has 0 aromatic carbocycles. The average molecular weight is 330 g/mol. The van der Waals surface area contributed by atoms with Gasteiger partial charge in [-0.15, -0.1) is 0 Å². The summed E-state index contributed by atoms with van der Waals surface area (Å²) >= 11 is 0. The van der Waals surface area contributed by atoms with E-state index in [2.05, 4.69) is 6.92 Å². The molecule has 0 radical (unpaired) electrons. The number of aliphatic hydroxyl groups is 1. The molecular formula is C18H34O5. The quantitative estimate of drug-likeness (QED) is 0.266. The third-order valence-electron chi connectivity index (χ3n) is 4.13. The van der Waals surface area contributed by atoms with Crippen LogP contribution in [0.25, 0.3) is 0 Å². The normalized spacial score (nSPS) is 13.5. The number of aliphatic hydroxyl groups excluding tert-OH is 1. The average Bonchev–Trinajstić information content (AvgIpc) is 2.50. The van der Waals surface area contributed by atoms with Crippen LogP contribution in [0.1, 0.15) is 90.9 Å². The minimum atomic E-state index is -0.977. The molecule has 5 nitrogen and oxygen atoms in total. The Labute approximate surface area is 140 Å². The van der Waals surface area contributed by atoms with Gasteiger partial charge in [-0.3, -0.25) is 9.59 Å². The maximum Gasteiger partial charge on any atom is 0.308 e. The highest BCUT2D eigenvalue weighted by Gasteiger charge is 2.20. The zero-order chi connectivity index (χ0) is 17.5. The van der Waals surface area contributed by atoms with Crippen LogP contribution in [-0.2, 0) is 14.3 Å². The Morgan fingerprint density at radius 2 is 1.48 bits per heavy atom. The predicted octanol–water partition coefficient (Wildman–Crippen LogP) is 4.27. The number of hydrogen-bond donors (Lipinski definition) is 2. The molecule has 5 heteroatoms. The van der Waals surface area contributed by atoms with Gasteiger partial charge in [-0.2, -0.15) is 0 Å². The van der Waals surface area contributed by atoms with Gasteiger partial charge in [-0.05, 0) is 25.7 Å². The molecule has 136 valence electrons. The van der Waals surface area contributed by atoms with E-state index in [1.807, 2.05) is 6.92 Å². The summed E-state index contributed by atoms with van der Waals surface area (Å²) in [5, 5.41) is 18.5. The maximum absolute atomic E-state index is 11.7. The SMILES string of the molecule is CCCCC(CC)C(O)OC(=O)CCCCCCCCC(=O)O. The van der Waals surface area contributed by atoms with Crippen LogP contribution >= 0.6 is 0 Å². The molecule has 0 bridgehead atoms. The summed E-state index contributed by atoms with van der Waals surface area (Å²) in [5.74, 6) is -1.03. The first-order chi connectivity index (χ1) is 11.0. The molecule has 0 spiro atoms. The van der Waals surface area contributed by atoms with Crippen LogP contribution in [0.2, 0.25) is 0 Å². The molecule has 0 amide bonds. The van der Waals surface area contributed by atoms with Crippen molar-refractivity contribution in [2.24, 2.45) is 5.92 Å². The lowest BCUT2D eigenvalue weighted by Gasteiger charge is -2.21. The van der Waals surface area contributed by atoms with Crippen molar-refractivity contribution in [1.82, 2.24) is 0 Å². The number of ether oxygens (including phenoxy) is 1. The number of aliphatic carboxylic acids is 1. The van der Waals surface area contributed by atoms with Gasteiger partial charge in [0, 0.05) is 18.8 Å². The summed E-state index contributed by atoms with van der Waals surface area (Å²) in [4.78, 5) is 22.1. The molecule has 23 heavy (non-hydrogen) atoms. The van der Waals surface area contributed by atoms with Gasteiger partial charge in [-0.1, -0.05) is 52.4 Å². The van der Waals surface area contributed by atoms with E-state index < -0.39 is 12.3 Å². The largest absolute Gasteiger partial charge is 0.481 e. The molecule has 0 aliphatic rings. The summed E-state index contributed by atoms with van der Waals surface area (Å²) in [6.45, 7) is 4.11. The van der Waals surface area contributed by atoms with E-state index in [0.29, 0.717) is 6.42 Å². The second-order valence-electron chi connectivity index (χ2n) is 6.21. The molecule has 0 aromatic rings. The third-order valence-corrected chi connectivity index (χ3v) is 4.13. The predicted molar refractivity (Wildman–Crippen MR) is 90.0 cm³/mol. The molecule has 2 unspecified atom stereocenters. The first-order valence-electron chi connectivity index (χ1n) is 9.10. The molecule has 2 N–H and O–H groups in total. The van der Waals surface area contributed by atoms with Crippen molar-refractivity contribution in [3.63, 3.8) is 0 Å². The van der Waals surface area contributed by atoms with E-state index in [4.69, 9.17) is 9.84 Å². The zero-order valence-corrected chi connectivity index (χ0v) is 14.8. The minimum absolute atomic E-state index is 0.0353. The van der Waals surface area contributed by atoms with E-state index in [0.717, 1.165) is 64.2 Å². The van der Waals surface area contributed by atoms with Crippen LogP contribution in [0, 0.1) is 5.92 Å². The third kappa shape index (κ3) is 13.1. The Morgan fingerprint density at radius 1 is 0.913 bits per heavy atom. The van der Waals surface area contributed by atoms with Gasteiger partial charge in [0.05, 0.1) is 0 Å². The lowest BCUT2D eigenvalue weighted by atomic mass is 9.99. The first kappa shape index (κ1) is 21.9. The fourth-order valence-corrected chi connectivity index (χ4v) is 2.56. The number of unbranched alkanes of at least 4 members (excludes halogenated alkanes) is 6. The number of carboxylic acids is 1. The highest BCUT2D eigenvalue weighted by molar-refractivity contribution is 5.69. The van der Waals surface area contributed by atoms with Gasteiger partial charge in [0.15, 0.2) is 0 Å². The van der Waals surface area contributed by atoms with Crippen molar-refractivity contribution >= 4 is 11.9 Å². The number of carbonyl (C=O) groups is 2. The molecular weight excluding hydrogens is 296 g/mol. The Bertz CT molecular complexity index is 317. The fourth-order valence-electron chi connectivity index (χ4n) is 2.56. The number of carboxylic acid groups (broad SMARTS) is 1. The lowest BCUT2D eigenvalue weighted by Crippen LogP contribution is -2.26. The monoisotopic (exact) mass is 330 g/mol. The summed E-state index contributed by atoms with van der Waals surface area (Å²) in [6, 6.07) is 0. The van der Waals surface area contributed by atoms with Crippen LogP contribution in [0.15, 0.2) is 0 Å². The number of esters is 1. The van der Waals surface area contributed by atoms with Crippen LogP contribution in [0.4, 0.5) is 0 Å². The molecule has 0 rings (SSSR count). The van der Waals surface area contributed by atoms with Crippen molar-refractivity contribution in [3.8, 4) is 0 Å². The summed E-state index contributed by atoms with van der Waals surface area (Å²) < 4.78 is 5.12. The second-order valence-corrected chi connectivity index (χ2v) is 6.21. The van der Waals surface area contributed by atoms with Gasteiger partial charge in [0.2, 0.25) is 6.29 Å². The lowest BCUT2D eigenvalue weighted by molar-refractivity contribution is -0.178. The standard InChI is InChI=1S/C18H34O5/c1-3-5-12-15(4-2)18(22)23-17(21)14-11-9-7-6-8-10-13-16(19)20/h15,18,22H,3-14H2,1-2H3,(H,19,20). The first-order valence-corrected chi connectivity index (χ1v) is 9.10. The van der Waals surface area contributed by atoms with Crippen LogP contribution < -0.4 is 0 Å². The number of carbonyl (C=O) groups excluding carboxylic acids is 1. The molecule has 0 aliphatic carbocycles. The van der Waals surface area contributed by atoms with Gasteiger partial charge in [0.1, 0.15) is 0 Å². The molecule has 0 aliphatic heterocycles. The van der Waals surface area contributed by atoms with Crippen LogP contribution in [0.5, 0.6) is 0 Å². The van der Waals surface area contributed by atoms with E-state index in [-0.39, 0.29) is 18.3 Å². The van der Waals surface area contributed by atoms with E-state index in [1.165, 1.54) is 0 Å². The Morgan fingerprint density at radius 3 is 2.00 bits per heavy atom. The molecule has 0 fully saturated rings. The number of hydrogen-bond acceptors (Lipinski definition) is 4. The maximum atomic E-state index is 11.7. The second kappa shape index (κ2) is 14.5. The summed E-state index contributed by atoms with van der Waals surface area (Å²) in [5.41, 5.74) is 0. The van der Waals surface area contributed by atoms with Gasteiger partial charge in [0.25, 0.3) is 0 Å². The van der Waals surface area contributed by atoms with Crippen LogP contribution in [0.3, 0.4) is 0 Å². The van der Waals surface area contributed by atoms with Gasteiger partial charge in [-0.25, -0.2) is 0 Å². The molecule has 0 aromatic heterocycles. The Balaban J connectivity index is 3.63. The highest BCUT2D eigenvalue weighted by atomic mass is 16.6. The van der Waals surface area contributed by atoms with Crippen molar-refractivity contribution in [3.05, 3.63) is 0 Å². The fraction of sp³-hybridized carbons (Fsp3) is 0.889.